The number of aryl methyl sites for hydroxylation is 2. The van der Waals surface area contributed by atoms with Crippen molar-refractivity contribution < 1.29 is 9.72 Å². The van der Waals surface area contributed by atoms with Gasteiger partial charge in [-0.2, -0.15) is 5.26 Å². The predicted octanol–water partition coefficient (Wildman–Crippen LogP) is 7.01. The Bertz CT molecular complexity index is 1550. The zero-order chi connectivity index (χ0) is 26.5. The number of carbonyl (C=O) groups excluding carboxylic acids is 1. The molecule has 3 aromatic carbocycles. The molecule has 4 rings (SSSR count). The van der Waals surface area contributed by atoms with Gasteiger partial charge in [0.05, 0.1) is 4.92 Å². The van der Waals surface area contributed by atoms with Gasteiger partial charge in [0.1, 0.15) is 11.6 Å². The van der Waals surface area contributed by atoms with Crippen molar-refractivity contribution >= 4 is 35.1 Å². The number of benzene rings is 3. The average molecular weight is 509 g/mol. The van der Waals surface area contributed by atoms with Crippen LogP contribution in [0, 0.1) is 42.2 Å². The number of hydrogen-bond donors (Lipinski definition) is 1. The molecule has 0 aliphatic rings. The van der Waals surface area contributed by atoms with E-state index < -0.39 is 10.8 Å². The summed E-state index contributed by atoms with van der Waals surface area (Å²) in [4.78, 5) is 25.1. The van der Waals surface area contributed by atoms with Gasteiger partial charge in [0.2, 0.25) is 0 Å². The summed E-state index contributed by atoms with van der Waals surface area (Å²) < 4.78 is 2.07. The molecule has 7 nitrogen and oxygen atoms in total. The van der Waals surface area contributed by atoms with E-state index in [9.17, 15) is 20.2 Å². The summed E-state index contributed by atoms with van der Waals surface area (Å²) >= 11 is 1.52. The van der Waals surface area contributed by atoms with Gasteiger partial charge in [0, 0.05) is 44.7 Å². The second-order valence-corrected chi connectivity index (χ2v) is 9.65. The predicted molar refractivity (Wildman–Crippen MR) is 146 cm³/mol. The van der Waals surface area contributed by atoms with Crippen LogP contribution in [0.1, 0.15) is 22.5 Å². The molecule has 0 bridgehead atoms. The third kappa shape index (κ3) is 5.97. The Morgan fingerprint density at radius 1 is 1.00 bits per heavy atom. The Hall–Kier alpha value is -4.61. The highest BCUT2D eigenvalue weighted by Crippen LogP contribution is 2.31. The van der Waals surface area contributed by atoms with Crippen LogP contribution in [0.15, 0.2) is 94.2 Å². The van der Waals surface area contributed by atoms with E-state index in [1.54, 1.807) is 24.3 Å². The Labute approximate surface area is 219 Å². The van der Waals surface area contributed by atoms with E-state index in [4.69, 9.17) is 0 Å². The lowest BCUT2D eigenvalue weighted by atomic mass is 10.1. The van der Waals surface area contributed by atoms with Gasteiger partial charge in [-0.1, -0.05) is 23.9 Å². The molecular weight excluding hydrogens is 484 g/mol. The van der Waals surface area contributed by atoms with E-state index in [-0.39, 0.29) is 11.3 Å². The number of carbonyl (C=O) groups is 1. The normalized spacial score (nSPS) is 11.1. The van der Waals surface area contributed by atoms with Crippen molar-refractivity contribution in [2.75, 3.05) is 5.32 Å². The Balaban J connectivity index is 1.54. The number of nitriles is 1. The largest absolute Gasteiger partial charge is 0.321 e. The summed E-state index contributed by atoms with van der Waals surface area (Å²) in [6.07, 6.45) is 1.61. The van der Waals surface area contributed by atoms with Gasteiger partial charge >= 0.3 is 0 Å². The fourth-order valence-electron chi connectivity index (χ4n) is 3.99. The molecule has 0 radical (unpaired) electrons. The lowest BCUT2D eigenvalue weighted by Gasteiger charge is -2.11. The summed E-state index contributed by atoms with van der Waals surface area (Å²) in [5, 5.41) is 23.3. The van der Waals surface area contributed by atoms with E-state index in [0.717, 1.165) is 38.0 Å². The second-order valence-electron chi connectivity index (χ2n) is 8.50. The summed E-state index contributed by atoms with van der Waals surface area (Å²) in [5.74, 6) is -0.453. The molecule has 0 unspecified atom stereocenters. The van der Waals surface area contributed by atoms with Crippen LogP contribution in [0.5, 0.6) is 0 Å². The third-order valence-electron chi connectivity index (χ3n) is 5.79. The van der Waals surface area contributed by atoms with Gasteiger partial charge in [0.25, 0.3) is 11.6 Å². The van der Waals surface area contributed by atoms with Crippen LogP contribution in [0.4, 0.5) is 11.4 Å². The van der Waals surface area contributed by atoms with Gasteiger partial charge in [0.15, 0.2) is 0 Å². The Morgan fingerprint density at radius 2 is 1.65 bits per heavy atom. The molecule has 8 heteroatoms. The molecule has 0 atom stereocenters. The molecule has 184 valence electrons. The molecule has 37 heavy (non-hydrogen) atoms. The van der Waals surface area contributed by atoms with Crippen molar-refractivity contribution in [3.63, 3.8) is 0 Å². The minimum Gasteiger partial charge on any atom is -0.321 e. The number of nitrogens with one attached hydrogen (secondary N) is 1. The number of aromatic nitrogens is 1. The zero-order valence-corrected chi connectivity index (χ0v) is 21.4. The molecule has 0 aliphatic heterocycles. The second kappa shape index (κ2) is 11.0. The van der Waals surface area contributed by atoms with Crippen molar-refractivity contribution in [3.05, 3.63) is 117 Å². The van der Waals surface area contributed by atoms with Crippen LogP contribution in [-0.2, 0) is 4.79 Å². The average Bonchev–Trinajstić information content (AvgIpc) is 3.15. The quantitative estimate of drug-likeness (QED) is 0.125. The highest BCUT2D eigenvalue weighted by Gasteiger charge is 2.14. The number of rotatable bonds is 7. The maximum Gasteiger partial charge on any atom is 0.269 e. The van der Waals surface area contributed by atoms with E-state index in [1.165, 1.54) is 23.9 Å². The van der Waals surface area contributed by atoms with E-state index in [0.29, 0.717) is 5.69 Å². The zero-order valence-electron chi connectivity index (χ0n) is 20.6. The van der Waals surface area contributed by atoms with Crippen LogP contribution < -0.4 is 5.32 Å². The fraction of sp³-hybridized carbons (Fsp3) is 0.103. The number of nitro benzene ring substituents is 1. The molecule has 0 saturated heterocycles. The number of nitro groups is 1. The smallest absolute Gasteiger partial charge is 0.269 e. The summed E-state index contributed by atoms with van der Waals surface area (Å²) in [6, 6.07) is 25.8. The SMILES string of the molecule is Cc1cccc(NC(=O)/C(C#N)=C\c2cc(C)n(-c3ccc(Sc4ccc([N+](=O)[O-])cc4)cc3)c2C)c1. The first-order valence-corrected chi connectivity index (χ1v) is 12.3. The highest BCUT2D eigenvalue weighted by molar-refractivity contribution is 7.99. The summed E-state index contributed by atoms with van der Waals surface area (Å²) in [5.41, 5.74) is 5.36. The van der Waals surface area contributed by atoms with Gasteiger partial charge in [-0.25, -0.2) is 0 Å². The van der Waals surface area contributed by atoms with Crippen LogP contribution in [0.3, 0.4) is 0 Å². The maximum absolute atomic E-state index is 12.7. The minimum absolute atomic E-state index is 0.0246. The number of nitrogens with zero attached hydrogens (tertiary/aromatic N) is 3. The minimum atomic E-state index is -0.453. The first-order chi connectivity index (χ1) is 17.7. The van der Waals surface area contributed by atoms with Crippen molar-refractivity contribution in [1.82, 2.24) is 4.57 Å². The van der Waals surface area contributed by atoms with E-state index in [1.807, 2.05) is 75.4 Å². The maximum atomic E-state index is 12.7. The molecule has 0 spiro atoms. The van der Waals surface area contributed by atoms with Crippen molar-refractivity contribution in [2.24, 2.45) is 0 Å². The molecule has 0 fully saturated rings. The number of amides is 1. The number of non-ortho nitro benzene ring substituents is 1. The molecule has 1 N–H and O–H groups in total. The van der Waals surface area contributed by atoms with Gasteiger partial charge in [-0.05, 0) is 92.6 Å². The molecular formula is C29H24N4O3S. The number of anilines is 1. The van der Waals surface area contributed by atoms with Crippen LogP contribution in [0.2, 0.25) is 0 Å². The Kier molecular flexibility index (Phi) is 7.56. The van der Waals surface area contributed by atoms with E-state index in [2.05, 4.69) is 9.88 Å². The van der Waals surface area contributed by atoms with Crippen LogP contribution in [0.25, 0.3) is 11.8 Å². The molecule has 1 aromatic heterocycles. The lowest BCUT2D eigenvalue weighted by molar-refractivity contribution is -0.384. The summed E-state index contributed by atoms with van der Waals surface area (Å²) in [6.45, 7) is 5.86. The molecule has 4 aromatic rings. The standard InChI is InChI=1S/C29H24N4O3S/c1-19-5-4-6-24(15-19)31-29(34)23(18-30)17-22-16-20(2)32(21(22)3)25-7-11-27(12-8-25)37-28-13-9-26(10-14-28)33(35)36/h4-17H,1-3H3,(H,31,34)/b23-17-. The topological polar surface area (TPSA) is 101 Å². The van der Waals surface area contributed by atoms with E-state index >= 15 is 0 Å². The molecule has 0 aliphatic carbocycles. The van der Waals surface area contributed by atoms with Gasteiger partial charge in [-0.3, -0.25) is 14.9 Å². The fourth-order valence-corrected chi connectivity index (χ4v) is 4.81. The monoisotopic (exact) mass is 508 g/mol. The van der Waals surface area contributed by atoms with Crippen molar-refractivity contribution in [1.29, 1.82) is 5.26 Å². The van der Waals surface area contributed by atoms with Crippen molar-refractivity contribution in [3.8, 4) is 11.8 Å². The number of hydrogen-bond acceptors (Lipinski definition) is 5. The lowest BCUT2D eigenvalue weighted by Crippen LogP contribution is -2.13. The van der Waals surface area contributed by atoms with Crippen LogP contribution in [-0.4, -0.2) is 15.4 Å². The van der Waals surface area contributed by atoms with Gasteiger partial charge in [-0.15, -0.1) is 0 Å². The summed E-state index contributed by atoms with van der Waals surface area (Å²) in [7, 11) is 0. The highest BCUT2D eigenvalue weighted by atomic mass is 32.2. The first-order valence-electron chi connectivity index (χ1n) is 11.5. The van der Waals surface area contributed by atoms with Crippen molar-refractivity contribution in [2.45, 2.75) is 30.6 Å². The van der Waals surface area contributed by atoms with Gasteiger partial charge < -0.3 is 9.88 Å². The molecule has 0 saturated carbocycles. The first kappa shape index (κ1) is 25.5. The molecule has 1 amide bonds. The Morgan fingerprint density at radius 3 is 2.24 bits per heavy atom. The van der Waals surface area contributed by atoms with Crippen LogP contribution >= 0.6 is 11.8 Å². The third-order valence-corrected chi connectivity index (χ3v) is 6.81. The molecule has 1 heterocycles.